The molecular formula is C23H27NO2. The fourth-order valence-electron chi connectivity index (χ4n) is 2.72. The number of carbonyl (C=O) groups excluding carboxylic acids is 1. The lowest BCUT2D eigenvalue weighted by Gasteiger charge is -2.15. The van der Waals surface area contributed by atoms with Crippen molar-refractivity contribution in [3.05, 3.63) is 70.8 Å². The maximum absolute atomic E-state index is 11.8. The van der Waals surface area contributed by atoms with E-state index < -0.39 is 6.09 Å². The summed E-state index contributed by atoms with van der Waals surface area (Å²) in [6, 6.07) is 16.0. The van der Waals surface area contributed by atoms with E-state index in [1.54, 1.807) is 0 Å². The lowest BCUT2D eigenvalue weighted by Crippen LogP contribution is -2.24. The van der Waals surface area contributed by atoms with E-state index in [1.165, 1.54) is 11.1 Å². The van der Waals surface area contributed by atoms with Crippen LogP contribution in [0.3, 0.4) is 0 Å². The van der Waals surface area contributed by atoms with Gasteiger partial charge in [-0.3, -0.25) is 0 Å². The highest BCUT2D eigenvalue weighted by Gasteiger charge is 2.11. The maximum atomic E-state index is 11.8. The highest BCUT2D eigenvalue weighted by Crippen LogP contribution is 2.26. The first-order chi connectivity index (χ1) is 12.5. The van der Waals surface area contributed by atoms with Gasteiger partial charge in [-0.15, -0.1) is 0 Å². The third-order valence-corrected chi connectivity index (χ3v) is 4.12. The van der Waals surface area contributed by atoms with Crippen LogP contribution in [-0.2, 0) is 11.3 Å². The first-order valence-corrected chi connectivity index (χ1v) is 9.05. The quantitative estimate of drug-likeness (QED) is 0.752. The van der Waals surface area contributed by atoms with Crippen molar-refractivity contribution >= 4 is 6.09 Å². The number of benzene rings is 2. The van der Waals surface area contributed by atoms with Gasteiger partial charge in [-0.05, 0) is 28.5 Å². The van der Waals surface area contributed by atoms with Crippen LogP contribution in [0.25, 0.3) is 0 Å². The van der Waals surface area contributed by atoms with Crippen LogP contribution in [0.15, 0.2) is 48.5 Å². The average Bonchev–Trinajstić information content (AvgIpc) is 2.64. The second kappa shape index (κ2) is 9.68. The Hall–Kier alpha value is -2.73. The van der Waals surface area contributed by atoms with E-state index in [2.05, 4.69) is 63.1 Å². The van der Waals surface area contributed by atoms with Crippen LogP contribution in [0, 0.1) is 11.8 Å². The van der Waals surface area contributed by atoms with Gasteiger partial charge in [0.15, 0.2) is 0 Å². The van der Waals surface area contributed by atoms with Gasteiger partial charge in [0, 0.05) is 5.56 Å². The van der Waals surface area contributed by atoms with Gasteiger partial charge < -0.3 is 10.1 Å². The number of nitrogens with one attached hydrogen (secondary N) is 1. The molecule has 0 bridgehead atoms. The lowest BCUT2D eigenvalue weighted by molar-refractivity contribution is 0.141. The minimum absolute atomic E-state index is 0.258. The van der Waals surface area contributed by atoms with E-state index in [9.17, 15) is 4.79 Å². The fourth-order valence-corrected chi connectivity index (χ4v) is 2.72. The predicted octanol–water partition coefficient (Wildman–Crippen LogP) is 5.21. The predicted molar refractivity (Wildman–Crippen MR) is 106 cm³/mol. The molecule has 0 fully saturated rings. The zero-order valence-electron chi connectivity index (χ0n) is 16.0. The highest BCUT2D eigenvalue weighted by molar-refractivity contribution is 5.67. The molecule has 0 saturated heterocycles. The van der Waals surface area contributed by atoms with Crippen molar-refractivity contribution in [1.82, 2.24) is 5.32 Å². The summed E-state index contributed by atoms with van der Waals surface area (Å²) < 4.78 is 5.19. The zero-order chi connectivity index (χ0) is 18.9. The van der Waals surface area contributed by atoms with Crippen LogP contribution in [0.1, 0.15) is 61.8 Å². The Morgan fingerprint density at radius 1 is 0.962 bits per heavy atom. The van der Waals surface area contributed by atoms with Gasteiger partial charge in [0.25, 0.3) is 0 Å². The second-order valence-corrected chi connectivity index (χ2v) is 6.84. The summed E-state index contributed by atoms with van der Waals surface area (Å²) in [5.74, 6) is 7.12. The van der Waals surface area contributed by atoms with Gasteiger partial charge in [-0.25, -0.2) is 4.79 Å². The molecule has 0 atom stereocenters. The summed E-state index contributed by atoms with van der Waals surface area (Å²) in [5, 5.41) is 2.69. The summed E-state index contributed by atoms with van der Waals surface area (Å²) in [7, 11) is 0. The number of rotatable bonds is 5. The van der Waals surface area contributed by atoms with Crippen molar-refractivity contribution in [3.63, 3.8) is 0 Å². The van der Waals surface area contributed by atoms with E-state index in [-0.39, 0.29) is 13.2 Å². The normalized spacial score (nSPS) is 10.4. The molecule has 0 heterocycles. The van der Waals surface area contributed by atoms with Crippen LogP contribution < -0.4 is 5.32 Å². The Morgan fingerprint density at radius 3 is 2.15 bits per heavy atom. The van der Waals surface area contributed by atoms with Gasteiger partial charge in [-0.1, -0.05) is 88.1 Å². The van der Waals surface area contributed by atoms with Crippen molar-refractivity contribution in [2.75, 3.05) is 6.54 Å². The summed E-state index contributed by atoms with van der Waals surface area (Å²) in [5.41, 5.74) is 4.53. The monoisotopic (exact) mass is 349 g/mol. The summed E-state index contributed by atoms with van der Waals surface area (Å²) in [6.45, 7) is 9.20. The SMILES string of the molecule is CC(C)c1cccc(C(C)C)c1C#CCNC(=O)OCc1ccccc1. The molecule has 0 spiro atoms. The Bertz CT molecular complexity index is 757. The van der Waals surface area contributed by atoms with Crippen molar-refractivity contribution in [3.8, 4) is 11.8 Å². The van der Waals surface area contributed by atoms with Gasteiger partial charge >= 0.3 is 6.09 Å². The Labute approximate surface area is 156 Å². The molecule has 26 heavy (non-hydrogen) atoms. The van der Waals surface area contributed by atoms with Crippen LogP contribution >= 0.6 is 0 Å². The number of ether oxygens (including phenoxy) is 1. The van der Waals surface area contributed by atoms with Crippen molar-refractivity contribution in [1.29, 1.82) is 0 Å². The van der Waals surface area contributed by atoms with Gasteiger partial charge in [-0.2, -0.15) is 0 Å². The van der Waals surface area contributed by atoms with E-state index >= 15 is 0 Å². The molecule has 0 radical (unpaired) electrons. The minimum Gasteiger partial charge on any atom is -0.445 e. The molecule has 0 aliphatic carbocycles. The second-order valence-electron chi connectivity index (χ2n) is 6.84. The van der Waals surface area contributed by atoms with E-state index in [0.29, 0.717) is 11.8 Å². The molecule has 136 valence electrons. The van der Waals surface area contributed by atoms with Crippen molar-refractivity contribution in [2.45, 2.75) is 46.1 Å². The molecule has 3 heteroatoms. The van der Waals surface area contributed by atoms with E-state index in [0.717, 1.165) is 11.1 Å². The molecule has 2 aromatic rings. The van der Waals surface area contributed by atoms with Crippen molar-refractivity contribution < 1.29 is 9.53 Å². The number of hydrogen-bond donors (Lipinski definition) is 1. The molecule has 0 unspecified atom stereocenters. The Morgan fingerprint density at radius 2 is 1.58 bits per heavy atom. The van der Waals surface area contributed by atoms with Crippen LogP contribution in [0.5, 0.6) is 0 Å². The van der Waals surface area contributed by atoms with E-state index in [1.807, 2.05) is 30.3 Å². The molecule has 0 aromatic heterocycles. The average molecular weight is 349 g/mol. The number of carbonyl (C=O) groups is 1. The van der Waals surface area contributed by atoms with Crippen molar-refractivity contribution in [2.24, 2.45) is 0 Å². The van der Waals surface area contributed by atoms with Crippen LogP contribution in [0.2, 0.25) is 0 Å². The fraction of sp³-hybridized carbons (Fsp3) is 0.348. The Kier molecular flexibility index (Phi) is 7.29. The molecular weight excluding hydrogens is 322 g/mol. The molecule has 2 aromatic carbocycles. The van der Waals surface area contributed by atoms with E-state index in [4.69, 9.17) is 4.74 Å². The lowest BCUT2D eigenvalue weighted by atomic mass is 9.89. The summed E-state index contributed by atoms with van der Waals surface area (Å²) in [6.07, 6.45) is -0.454. The standard InChI is InChI=1S/C23H27NO2/c1-17(2)20-12-8-13-21(18(3)4)22(20)14-9-15-24-23(25)26-16-19-10-6-5-7-11-19/h5-8,10-13,17-18H,15-16H2,1-4H3,(H,24,25). The van der Waals surface area contributed by atoms with Gasteiger partial charge in [0.1, 0.15) is 6.61 Å². The van der Waals surface area contributed by atoms with Gasteiger partial charge in [0.2, 0.25) is 0 Å². The summed E-state index contributed by atoms with van der Waals surface area (Å²) >= 11 is 0. The Balaban J connectivity index is 1.96. The number of amides is 1. The third kappa shape index (κ3) is 5.67. The highest BCUT2D eigenvalue weighted by atomic mass is 16.5. The first kappa shape index (κ1) is 19.6. The summed E-state index contributed by atoms with van der Waals surface area (Å²) in [4.78, 5) is 11.8. The number of alkyl carbamates (subject to hydrolysis) is 1. The molecule has 1 N–H and O–H groups in total. The first-order valence-electron chi connectivity index (χ1n) is 9.05. The molecule has 0 aliphatic heterocycles. The van der Waals surface area contributed by atoms with Crippen LogP contribution in [-0.4, -0.2) is 12.6 Å². The molecule has 2 rings (SSSR count). The van der Waals surface area contributed by atoms with Gasteiger partial charge in [0.05, 0.1) is 6.54 Å². The third-order valence-electron chi connectivity index (χ3n) is 4.12. The molecule has 1 amide bonds. The molecule has 0 aliphatic rings. The molecule has 3 nitrogen and oxygen atoms in total. The minimum atomic E-state index is -0.454. The zero-order valence-corrected chi connectivity index (χ0v) is 16.0. The smallest absolute Gasteiger partial charge is 0.408 e. The molecule has 0 saturated carbocycles. The topological polar surface area (TPSA) is 38.3 Å². The largest absolute Gasteiger partial charge is 0.445 e. The van der Waals surface area contributed by atoms with Crippen LogP contribution in [0.4, 0.5) is 4.79 Å². The maximum Gasteiger partial charge on any atom is 0.408 e. The number of hydrogen-bond acceptors (Lipinski definition) is 2.